The largest absolute Gasteiger partial charge is 0.425 e. The Bertz CT molecular complexity index is 1240. The van der Waals surface area contributed by atoms with Gasteiger partial charge < -0.3 is 14.9 Å². The third-order valence-electron chi connectivity index (χ3n) is 6.86. The highest BCUT2D eigenvalue weighted by Crippen LogP contribution is 2.60. The van der Waals surface area contributed by atoms with Gasteiger partial charge in [-0.25, -0.2) is 0 Å². The molecule has 0 aromatic heterocycles. The Kier molecular flexibility index (Phi) is 4.58. The Balaban J connectivity index is 1.68. The van der Waals surface area contributed by atoms with Gasteiger partial charge in [0.05, 0.1) is 10.9 Å². The summed E-state index contributed by atoms with van der Waals surface area (Å²) < 4.78 is 5.61. The second-order valence-corrected chi connectivity index (χ2v) is 10.2. The van der Waals surface area contributed by atoms with Crippen molar-refractivity contribution < 1.29 is 19.7 Å². The van der Waals surface area contributed by atoms with Gasteiger partial charge in [0, 0.05) is 6.42 Å². The predicted molar refractivity (Wildman–Crippen MR) is 123 cm³/mol. The van der Waals surface area contributed by atoms with Crippen molar-refractivity contribution in [2.24, 2.45) is 5.92 Å². The number of halogens is 1. The quantitative estimate of drug-likeness (QED) is 0.425. The first-order valence-corrected chi connectivity index (χ1v) is 11.1. The Hall–Kier alpha value is -2.66. The third-order valence-corrected chi connectivity index (χ3v) is 7.17. The van der Waals surface area contributed by atoms with E-state index in [2.05, 4.69) is 20.8 Å². The van der Waals surface area contributed by atoms with Gasteiger partial charge in [-0.1, -0.05) is 87.0 Å². The van der Waals surface area contributed by atoms with E-state index in [-0.39, 0.29) is 17.6 Å². The standard InChI is InChI=1S/C27H25ClO4/c1-25(2,3)16-12-13-19-20(14-16)26(30)15-21(24(29)32-23-11-7-6-10-22(23)28)27(19,31)18-9-5-4-8-17(18)26/h4-14,21,30-31H,15H2,1-3H3. The Morgan fingerprint density at radius 1 is 0.938 bits per heavy atom. The van der Waals surface area contributed by atoms with E-state index >= 15 is 0 Å². The number of rotatable bonds is 2. The molecular weight excluding hydrogens is 424 g/mol. The molecule has 6 rings (SSSR count). The summed E-state index contributed by atoms with van der Waals surface area (Å²) in [5.74, 6) is -1.39. The highest BCUT2D eigenvalue weighted by molar-refractivity contribution is 6.32. The first kappa shape index (κ1) is 21.2. The Labute approximate surface area is 192 Å². The van der Waals surface area contributed by atoms with Gasteiger partial charge in [0.2, 0.25) is 0 Å². The molecule has 0 saturated carbocycles. The van der Waals surface area contributed by atoms with Crippen LogP contribution in [-0.2, 0) is 21.4 Å². The second kappa shape index (κ2) is 6.92. The number of benzene rings is 3. The molecule has 5 heteroatoms. The van der Waals surface area contributed by atoms with Crippen LogP contribution in [0, 0.1) is 5.92 Å². The van der Waals surface area contributed by atoms with Crippen molar-refractivity contribution in [3.63, 3.8) is 0 Å². The van der Waals surface area contributed by atoms with Gasteiger partial charge in [-0.2, -0.15) is 0 Å². The summed E-state index contributed by atoms with van der Waals surface area (Å²) >= 11 is 6.18. The van der Waals surface area contributed by atoms with E-state index in [1.54, 1.807) is 36.4 Å². The monoisotopic (exact) mass is 448 g/mol. The van der Waals surface area contributed by atoms with Crippen molar-refractivity contribution in [1.29, 1.82) is 0 Å². The van der Waals surface area contributed by atoms with Crippen molar-refractivity contribution in [3.8, 4) is 5.75 Å². The van der Waals surface area contributed by atoms with Gasteiger partial charge in [-0.3, -0.25) is 4.79 Å². The highest BCUT2D eigenvalue weighted by atomic mass is 35.5. The summed E-state index contributed by atoms with van der Waals surface area (Å²) in [5.41, 5.74) is 0.230. The van der Waals surface area contributed by atoms with E-state index in [0.717, 1.165) is 5.56 Å². The topological polar surface area (TPSA) is 66.8 Å². The molecule has 0 spiro atoms. The lowest BCUT2D eigenvalue weighted by Gasteiger charge is -2.54. The molecule has 0 saturated heterocycles. The molecule has 164 valence electrons. The number of carbonyl (C=O) groups excluding carboxylic acids is 1. The Morgan fingerprint density at radius 3 is 2.25 bits per heavy atom. The predicted octanol–water partition coefficient (Wildman–Crippen LogP) is 5.05. The average Bonchev–Trinajstić information content (AvgIpc) is 2.76. The molecule has 3 aliphatic carbocycles. The molecule has 0 radical (unpaired) electrons. The molecule has 4 nitrogen and oxygen atoms in total. The molecule has 3 atom stereocenters. The van der Waals surface area contributed by atoms with Crippen molar-refractivity contribution in [3.05, 3.63) is 99.6 Å². The minimum Gasteiger partial charge on any atom is -0.425 e. The number of ether oxygens (including phenoxy) is 1. The lowest BCUT2D eigenvalue weighted by molar-refractivity contribution is -0.157. The van der Waals surface area contributed by atoms with Crippen LogP contribution in [-0.4, -0.2) is 16.2 Å². The summed E-state index contributed by atoms with van der Waals surface area (Å²) in [4.78, 5) is 13.4. The van der Waals surface area contributed by atoms with E-state index in [0.29, 0.717) is 27.3 Å². The second-order valence-electron chi connectivity index (χ2n) is 9.79. The zero-order chi connectivity index (χ0) is 22.9. The van der Waals surface area contributed by atoms with E-state index in [9.17, 15) is 15.0 Å². The summed E-state index contributed by atoms with van der Waals surface area (Å²) in [5, 5.41) is 24.5. The summed E-state index contributed by atoms with van der Waals surface area (Å²) in [6, 6.07) is 19.7. The number of carbonyl (C=O) groups is 1. The number of hydrogen-bond acceptors (Lipinski definition) is 4. The maximum atomic E-state index is 13.4. The van der Waals surface area contributed by atoms with Gasteiger partial charge in [0.15, 0.2) is 0 Å². The van der Waals surface area contributed by atoms with Crippen LogP contribution in [0.4, 0.5) is 0 Å². The molecule has 0 heterocycles. The van der Waals surface area contributed by atoms with Crippen LogP contribution in [0.5, 0.6) is 5.75 Å². The number of fused-ring (bicyclic) bond motifs is 1. The number of hydrogen-bond donors (Lipinski definition) is 2. The fourth-order valence-electron chi connectivity index (χ4n) is 5.15. The van der Waals surface area contributed by atoms with Gasteiger partial charge in [-0.15, -0.1) is 0 Å². The number of aliphatic hydroxyl groups is 2. The Morgan fingerprint density at radius 2 is 1.56 bits per heavy atom. The van der Waals surface area contributed by atoms with Crippen LogP contribution in [0.25, 0.3) is 0 Å². The summed E-state index contributed by atoms with van der Waals surface area (Å²) in [6.45, 7) is 6.31. The molecule has 3 aromatic rings. The van der Waals surface area contributed by atoms with Crippen molar-refractivity contribution in [2.75, 3.05) is 0 Å². The van der Waals surface area contributed by atoms with Crippen molar-refractivity contribution in [1.82, 2.24) is 0 Å². The maximum Gasteiger partial charge on any atom is 0.318 e. The molecule has 3 aromatic carbocycles. The third kappa shape index (κ3) is 2.87. The number of esters is 1. The minimum absolute atomic E-state index is 0.0182. The molecule has 3 unspecified atom stereocenters. The summed E-state index contributed by atoms with van der Waals surface area (Å²) in [6.07, 6.45) is 0.0182. The molecular formula is C27H25ClO4. The van der Waals surface area contributed by atoms with Gasteiger partial charge >= 0.3 is 5.97 Å². The SMILES string of the molecule is CC(C)(C)c1ccc2c(c1)C1(O)CC(C(=O)Oc3ccccc3Cl)C2(O)c2ccccc21. The molecule has 0 aliphatic heterocycles. The smallest absolute Gasteiger partial charge is 0.318 e. The van der Waals surface area contributed by atoms with Crippen LogP contribution >= 0.6 is 11.6 Å². The van der Waals surface area contributed by atoms with Crippen LogP contribution in [0.3, 0.4) is 0 Å². The average molecular weight is 449 g/mol. The van der Waals surface area contributed by atoms with Crippen LogP contribution in [0.1, 0.15) is 55.0 Å². The molecule has 3 aliphatic rings. The van der Waals surface area contributed by atoms with E-state index in [4.69, 9.17) is 16.3 Å². The van der Waals surface area contributed by atoms with Crippen molar-refractivity contribution >= 4 is 17.6 Å². The highest BCUT2D eigenvalue weighted by Gasteiger charge is 2.62. The first-order valence-electron chi connectivity index (χ1n) is 10.7. The van der Waals surface area contributed by atoms with Crippen LogP contribution in [0.15, 0.2) is 66.7 Å². The number of para-hydroxylation sites is 1. The zero-order valence-electron chi connectivity index (χ0n) is 18.2. The first-order chi connectivity index (χ1) is 15.1. The van der Waals surface area contributed by atoms with Crippen LogP contribution < -0.4 is 4.74 Å². The van der Waals surface area contributed by atoms with Gasteiger partial charge in [0.1, 0.15) is 17.0 Å². The lowest BCUT2D eigenvalue weighted by Crippen LogP contribution is -2.57. The van der Waals surface area contributed by atoms with E-state index in [1.807, 2.05) is 30.3 Å². The molecule has 32 heavy (non-hydrogen) atoms. The molecule has 0 amide bonds. The molecule has 2 N–H and O–H groups in total. The van der Waals surface area contributed by atoms with Gasteiger partial charge in [-0.05, 0) is 45.4 Å². The maximum absolute atomic E-state index is 13.4. The fraction of sp³-hybridized carbons (Fsp3) is 0.296. The molecule has 2 bridgehead atoms. The fourth-order valence-corrected chi connectivity index (χ4v) is 5.33. The lowest BCUT2D eigenvalue weighted by atomic mass is 9.54. The zero-order valence-corrected chi connectivity index (χ0v) is 19.0. The minimum atomic E-state index is -1.62. The normalized spacial score (nSPS) is 25.8. The van der Waals surface area contributed by atoms with Crippen LogP contribution in [0.2, 0.25) is 5.02 Å². The van der Waals surface area contributed by atoms with E-state index in [1.165, 1.54) is 0 Å². The van der Waals surface area contributed by atoms with E-state index < -0.39 is 23.1 Å². The van der Waals surface area contributed by atoms with Gasteiger partial charge in [0.25, 0.3) is 0 Å². The molecule has 0 fully saturated rings. The van der Waals surface area contributed by atoms with Crippen molar-refractivity contribution in [2.45, 2.75) is 43.8 Å². The summed E-state index contributed by atoms with van der Waals surface area (Å²) in [7, 11) is 0.